The number of carbonyl (C=O) groups excluding carboxylic acids is 1. The minimum absolute atomic E-state index is 0.207. The van der Waals surface area contributed by atoms with Crippen molar-refractivity contribution in [3.05, 3.63) is 0 Å². The summed E-state index contributed by atoms with van der Waals surface area (Å²) in [6.45, 7) is 3.77. The van der Waals surface area contributed by atoms with Crippen molar-refractivity contribution in [2.75, 3.05) is 26.3 Å². The molecule has 0 aromatic rings. The number of rotatable bonds is 4. The zero-order valence-corrected chi connectivity index (χ0v) is 10.5. The summed E-state index contributed by atoms with van der Waals surface area (Å²) >= 11 is 0. The molecule has 2 rings (SSSR count). The standard InChI is InChI=1S/C13H24N2O2/c16-13(15-12-2-1-9-17-10-12)4-3-11-5-7-14-8-6-11/h11-12,14H,1-10H2,(H,15,16). The number of piperidine rings is 1. The van der Waals surface area contributed by atoms with Crippen molar-refractivity contribution in [1.29, 1.82) is 0 Å². The second-order valence-electron chi connectivity index (χ2n) is 5.21. The third-order valence-electron chi connectivity index (χ3n) is 3.76. The fraction of sp³-hybridized carbons (Fsp3) is 0.923. The van der Waals surface area contributed by atoms with Gasteiger partial charge >= 0.3 is 0 Å². The SMILES string of the molecule is O=C(CCC1CCNCC1)NC1CCCOC1. The van der Waals surface area contributed by atoms with Crippen molar-refractivity contribution in [2.45, 2.75) is 44.6 Å². The maximum absolute atomic E-state index is 11.8. The second-order valence-corrected chi connectivity index (χ2v) is 5.21. The molecule has 98 valence electrons. The van der Waals surface area contributed by atoms with Crippen LogP contribution in [0.5, 0.6) is 0 Å². The van der Waals surface area contributed by atoms with Gasteiger partial charge in [-0.25, -0.2) is 0 Å². The lowest BCUT2D eigenvalue weighted by Crippen LogP contribution is -2.40. The van der Waals surface area contributed by atoms with E-state index >= 15 is 0 Å². The van der Waals surface area contributed by atoms with Gasteiger partial charge in [-0.2, -0.15) is 0 Å². The smallest absolute Gasteiger partial charge is 0.220 e. The number of amides is 1. The maximum Gasteiger partial charge on any atom is 0.220 e. The number of carbonyl (C=O) groups is 1. The summed E-state index contributed by atoms with van der Waals surface area (Å²) in [5, 5.41) is 6.43. The molecule has 1 unspecified atom stereocenters. The average Bonchev–Trinajstić information content (AvgIpc) is 2.39. The van der Waals surface area contributed by atoms with Crippen LogP contribution in [-0.2, 0) is 9.53 Å². The first-order valence-corrected chi connectivity index (χ1v) is 6.92. The van der Waals surface area contributed by atoms with Gasteiger partial charge in [0.2, 0.25) is 5.91 Å². The number of hydrogen-bond donors (Lipinski definition) is 2. The second kappa shape index (κ2) is 6.97. The lowest BCUT2D eigenvalue weighted by molar-refractivity contribution is -0.123. The van der Waals surface area contributed by atoms with Gasteiger partial charge < -0.3 is 15.4 Å². The summed E-state index contributed by atoms with van der Waals surface area (Å²) < 4.78 is 5.35. The van der Waals surface area contributed by atoms with Crippen molar-refractivity contribution < 1.29 is 9.53 Å². The van der Waals surface area contributed by atoms with E-state index in [0.29, 0.717) is 13.0 Å². The van der Waals surface area contributed by atoms with Crippen molar-refractivity contribution in [3.63, 3.8) is 0 Å². The predicted molar refractivity (Wildman–Crippen MR) is 66.8 cm³/mol. The highest BCUT2D eigenvalue weighted by molar-refractivity contribution is 5.76. The molecular weight excluding hydrogens is 216 g/mol. The van der Waals surface area contributed by atoms with Crippen molar-refractivity contribution >= 4 is 5.91 Å². The van der Waals surface area contributed by atoms with Crippen molar-refractivity contribution in [2.24, 2.45) is 5.92 Å². The monoisotopic (exact) mass is 240 g/mol. The quantitative estimate of drug-likeness (QED) is 0.772. The number of ether oxygens (including phenoxy) is 1. The first-order valence-electron chi connectivity index (χ1n) is 6.92. The molecule has 2 aliphatic heterocycles. The van der Waals surface area contributed by atoms with Crippen LogP contribution < -0.4 is 10.6 Å². The van der Waals surface area contributed by atoms with Crippen LogP contribution in [0.3, 0.4) is 0 Å². The van der Waals surface area contributed by atoms with E-state index in [4.69, 9.17) is 4.74 Å². The topological polar surface area (TPSA) is 50.4 Å². The minimum Gasteiger partial charge on any atom is -0.379 e. The first-order chi connectivity index (χ1) is 8.34. The molecule has 1 amide bonds. The Labute approximate surface area is 103 Å². The molecule has 0 aromatic heterocycles. The lowest BCUT2D eigenvalue weighted by Gasteiger charge is -2.25. The highest BCUT2D eigenvalue weighted by Gasteiger charge is 2.18. The van der Waals surface area contributed by atoms with E-state index in [2.05, 4.69) is 10.6 Å². The van der Waals surface area contributed by atoms with Crippen LogP contribution in [0.2, 0.25) is 0 Å². The van der Waals surface area contributed by atoms with E-state index in [0.717, 1.165) is 44.9 Å². The summed E-state index contributed by atoms with van der Waals surface area (Å²) in [7, 11) is 0. The molecule has 17 heavy (non-hydrogen) atoms. The Morgan fingerprint density at radius 1 is 1.29 bits per heavy atom. The molecule has 2 saturated heterocycles. The van der Waals surface area contributed by atoms with E-state index in [-0.39, 0.29) is 11.9 Å². The third kappa shape index (κ3) is 4.64. The molecule has 4 nitrogen and oxygen atoms in total. The van der Waals surface area contributed by atoms with Gasteiger partial charge in [-0.3, -0.25) is 4.79 Å². The van der Waals surface area contributed by atoms with Gasteiger partial charge in [-0.15, -0.1) is 0 Å². The van der Waals surface area contributed by atoms with Gasteiger partial charge in [0.1, 0.15) is 0 Å². The van der Waals surface area contributed by atoms with Gasteiger partial charge in [0.15, 0.2) is 0 Å². The summed E-state index contributed by atoms with van der Waals surface area (Å²) in [5.74, 6) is 0.948. The average molecular weight is 240 g/mol. The largest absolute Gasteiger partial charge is 0.379 e. The molecule has 2 N–H and O–H groups in total. The Morgan fingerprint density at radius 3 is 2.82 bits per heavy atom. The van der Waals surface area contributed by atoms with Crippen LogP contribution >= 0.6 is 0 Å². The Hall–Kier alpha value is -0.610. The minimum atomic E-state index is 0.207. The lowest BCUT2D eigenvalue weighted by atomic mass is 9.93. The summed E-state index contributed by atoms with van der Waals surface area (Å²) in [4.78, 5) is 11.8. The van der Waals surface area contributed by atoms with Crippen molar-refractivity contribution in [1.82, 2.24) is 10.6 Å². The first kappa shape index (κ1) is 12.8. The van der Waals surface area contributed by atoms with Crippen LogP contribution in [0, 0.1) is 5.92 Å². The van der Waals surface area contributed by atoms with Crippen LogP contribution in [0.15, 0.2) is 0 Å². The molecule has 2 heterocycles. The van der Waals surface area contributed by atoms with Gasteiger partial charge in [0.25, 0.3) is 0 Å². The zero-order valence-electron chi connectivity index (χ0n) is 10.5. The highest BCUT2D eigenvalue weighted by atomic mass is 16.5. The number of hydrogen-bond acceptors (Lipinski definition) is 3. The molecule has 1 atom stereocenters. The summed E-state index contributed by atoms with van der Waals surface area (Å²) in [6.07, 6.45) is 6.31. The van der Waals surface area contributed by atoms with Crippen LogP contribution in [-0.4, -0.2) is 38.3 Å². The van der Waals surface area contributed by atoms with Crippen LogP contribution in [0.1, 0.15) is 38.5 Å². The molecule has 0 bridgehead atoms. The fourth-order valence-corrected chi connectivity index (χ4v) is 2.66. The molecule has 2 fully saturated rings. The van der Waals surface area contributed by atoms with Crippen LogP contribution in [0.25, 0.3) is 0 Å². The molecular formula is C13H24N2O2. The van der Waals surface area contributed by atoms with E-state index in [1.54, 1.807) is 0 Å². The Kier molecular flexibility index (Phi) is 5.26. The molecule has 0 radical (unpaired) electrons. The molecule has 0 saturated carbocycles. The fourth-order valence-electron chi connectivity index (χ4n) is 2.66. The summed E-state index contributed by atoms with van der Waals surface area (Å²) in [5.41, 5.74) is 0. The Morgan fingerprint density at radius 2 is 2.12 bits per heavy atom. The van der Waals surface area contributed by atoms with Gasteiger partial charge in [0.05, 0.1) is 12.6 Å². The molecule has 0 spiro atoms. The van der Waals surface area contributed by atoms with Gasteiger partial charge in [-0.05, 0) is 51.1 Å². The van der Waals surface area contributed by atoms with Crippen LogP contribution in [0.4, 0.5) is 0 Å². The predicted octanol–water partition coefficient (Wildman–Crippen LogP) is 1.06. The molecule has 0 aromatic carbocycles. The maximum atomic E-state index is 11.8. The summed E-state index contributed by atoms with van der Waals surface area (Å²) in [6, 6.07) is 0.254. The Bertz CT molecular complexity index is 234. The molecule has 0 aliphatic carbocycles. The third-order valence-corrected chi connectivity index (χ3v) is 3.76. The van der Waals surface area contributed by atoms with Gasteiger partial charge in [0, 0.05) is 13.0 Å². The van der Waals surface area contributed by atoms with Gasteiger partial charge in [-0.1, -0.05) is 0 Å². The van der Waals surface area contributed by atoms with Crippen molar-refractivity contribution in [3.8, 4) is 0 Å². The van der Waals surface area contributed by atoms with E-state index < -0.39 is 0 Å². The zero-order chi connectivity index (χ0) is 11.9. The molecule has 2 aliphatic rings. The molecule has 4 heteroatoms. The van der Waals surface area contributed by atoms with E-state index in [1.165, 1.54) is 12.8 Å². The normalized spacial score (nSPS) is 26.7. The highest BCUT2D eigenvalue weighted by Crippen LogP contribution is 2.17. The van der Waals surface area contributed by atoms with E-state index in [9.17, 15) is 4.79 Å². The number of nitrogens with one attached hydrogen (secondary N) is 2. The van der Waals surface area contributed by atoms with E-state index in [1.807, 2.05) is 0 Å². The Balaban J connectivity index is 1.59.